The van der Waals surface area contributed by atoms with Crippen molar-refractivity contribution in [1.82, 2.24) is 4.98 Å². The van der Waals surface area contributed by atoms with Crippen molar-refractivity contribution in [3.05, 3.63) is 23.4 Å². The number of halogens is 1. The first-order valence-corrected chi connectivity index (χ1v) is 4.72. The molecule has 5 heteroatoms. The maximum absolute atomic E-state index is 11.9. The van der Waals surface area contributed by atoms with Crippen molar-refractivity contribution < 1.29 is 19.4 Å². The van der Waals surface area contributed by atoms with Crippen LogP contribution in [-0.4, -0.2) is 16.1 Å². The minimum Gasteiger partial charge on any atom is -0.481 e. The molecule has 78 valence electrons. The predicted octanol–water partition coefficient (Wildman–Crippen LogP) is 1.32. The molecule has 1 N–H and O–H groups in total. The van der Waals surface area contributed by atoms with Crippen LogP contribution in [0.25, 0.3) is 0 Å². The van der Waals surface area contributed by atoms with Crippen molar-refractivity contribution in [2.45, 2.75) is 12.3 Å². The van der Waals surface area contributed by atoms with Crippen LogP contribution in [0, 0.1) is 11.8 Å². The first-order valence-electron chi connectivity index (χ1n) is 4.72. The van der Waals surface area contributed by atoms with E-state index in [1.807, 2.05) is 0 Å². The molecule has 1 aromatic heterocycles. The molecular formula is C10H8FNO3. The number of carboxylic acid groups (broad SMARTS) is 1. The van der Waals surface area contributed by atoms with Gasteiger partial charge in [-0.2, -0.15) is 0 Å². The standard InChI is InChI=1S/C10H8FNO3/c11-15-7-2-4-1-5-8(6(4)3-12-7)9(5)10(13)14/h2-3,5,8-9H,1H2,(H,13,14)/t5-,8-,9+/m1/s1. The van der Waals surface area contributed by atoms with Crippen molar-refractivity contribution in [3.8, 4) is 5.88 Å². The molecule has 0 aliphatic heterocycles. The second-order valence-corrected chi connectivity index (χ2v) is 4.06. The number of carbonyl (C=O) groups is 1. The predicted molar refractivity (Wildman–Crippen MR) is 47.0 cm³/mol. The van der Waals surface area contributed by atoms with Crippen molar-refractivity contribution in [2.24, 2.45) is 11.8 Å². The zero-order valence-electron chi connectivity index (χ0n) is 7.68. The third-order valence-corrected chi connectivity index (χ3v) is 3.35. The molecular weight excluding hydrogens is 201 g/mol. The lowest BCUT2D eigenvalue weighted by Crippen LogP contribution is -2.05. The Hall–Kier alpha value is -1.65. The van der Waals surface area contributed by atoms with Crippen LogP contribution in [0.2, 0.25) is 0 Å². The van der Waals surface area contributed by atoms with Crippen LogP contribution in [0.4, 0.5) is 4.53 Å². The zero-order chi connectivity index (χ0) is 10.6. The summed E-state index contributed by atoms with van der Waals surface area (Å²) in [6, 6.07) is 1.54. The van der Waals surface area contributed by atoms with E-state index in [0.717, 1.165) is 11.1 Å². The summed E-state index contributed by atoms with van der Waals surface area (Å²) in [6.45, 7) is 0. The highest BCUT2D eigenvalue weighted by Gasteiger charge is 2.59. The maximum atomic E-state index is 11.9. The fraction of sp³-hybridized carbons (Fsp3) is 0.400. The van der Waals surface area contributed by atoms with E-state index in [4.69, 9.17) is 5.11 Å². The number of fused-ring (bicyclic) bond motifs is 3. The second-order valence-electron chi connectivity index (χ2n) is 4.06. The number of hydrogen-bond acceptors (Lipinski definition) is 3. The van der Waals surface area contributed by atoms with Gasteiger partial charge >= 0.3 is 5.97 Å². The smallest absolute Gasteiger partial charge is 0.307 e. The van der Waals surface area contributed by atoms with Gasteiger partial charge in [0.15, 0.2) is 0 Å². The Morgan fingerprint density at radius 1 is 1.67 bits per heavy atom. The average molecular weight is 209 g/mol. The van der Waals surface area contributed by atoms with E-state index in [9.17, 15) is 9.32 Å². The van der Waals surface area contributed by atoms with Gasteiger partial charge in [0.05, 0.1) is 5.92 Å². The minimum atomic E-state index is -0.749. The Morgan fingerprint density at radius 2 is 2.47 bits per heavy atom. The van der Waals surface area contributed by atoms with E-state index in [2.05, 4.69) is 9.93 Å². The van der Waals surface area contributed by atoms with Crippen LogP contribution in [0.15, 0.2) is 12.3 Å². The highest BCUT2D eigenvalue weighted by atomic mass is 19.3. The van der Waals surface area contributed by atoms with Crippen LogP contribution in [0.3, 0.4) is 0 Å². The molecule has 0 amide bonds. The Morgan fingerprint density at radius 3 is 3.13 bits per heavy atom. The molecule has 0 spiro atoms. The van der Waals surface area contributed by atoms with Crippen LogP contribution >= 0.6 is 0 Å². The summed E-state index contributed by atoms with van der Waals surface area (Å²) in [7, 11) is 0. The van der Waals surface area contributed by atoms with Gasteiger partial charge in [-0.25, -0.2) is 4.98 Å². The molecule has 4 nitrogen and oxygen atoms in total. The molecule has 2 aliphatic carbocycles. The summed E-state index contributed by atoms with van der Waals surface area (Å²) in [6.07, 6.45) is 2.22. The highest BCUT2D eigenvalue weighted by Crippen LogP contribution is 2.61. The van der Waals surface area contributed by atoms with Crippen LogP contribution < -0.4 is 4.94 Å². The van der Waals surface area contributed by atoms with Gasteiger partial charge in [-0.1, -0.05) is 0 Å². The van der Waals surface area contributed by atoms with Crippen LogP contribution in [-0.2, 0) is 11.2 Å². The molecule has 0 unspecified atom stereocenters. The van der Waals surface area contributed by atoms with E-state index in [1.165, 1.54) is 6.20 Å². The highest BCUT2D eigenvalue weighted by molar-refractivity contribution is 5.77. The van der Waals surface area contributed by atoms with Gasteiger partial charge in [0, 0.05) is 22.7 Å². The number of aromatic nitrogens is 1. The fourth-order valence-electron chi connectivity index (χ4n) is 2.65. The minimum absolute atomic E-state index is 0.0538. The molecule has 0 radical (unpaired) electrons. The van der Waals surface area contributed by atoms with Crippen molar-refractivity contribution in [1.29, 1.82) is 0 Å². The number of carboxylic acids is 1. The first-order chi connectivity index (χ1) is 7.22. The fourth-order valence-corrected chi connectivity index (χ4v) is 2.65. The molecule has 0 bridgehead atoms. The van der Waals surface area contributed by atoms with Crippen molar-refractivity contribution in [3.63, 3.8) is 0 Å². The normalized spacial score (nSPS) is 30.6. The summed E-state index contributed by atoms with van der Waals surface area (Å²) in [4.78, 5) is 18.1. The average Bonchev–Trinajstić information content (AvgIpc) is 2.82. The van der Waals surface area contributed by atoms with Gasteiger partial charge in [0.1, 0.15) is 0 Å². The van der Waals surface area contributed by atoms with Crippen molar-refractivity contribution in [2.75, 3.05) is 0 Å². The Balaban J connectivity index is 1.94. The monoisotopic (exact) mass is 209 g/mol. The van der Waals surface area contributed by atoms with Gasteiger partial charge < -0.3 is 5.11 Å². The maximum Gasteiger partial charge on any atom is 0.307 e. The zero-order valence-corrected chi connectivity index (χ0v) is 7.68. The number of pyridine rings is 1. The summed E-state index contributed by atoms with van der Waals surface area (Å²) >= 11 is 0. The Labute approximate surface area is 84.6 Å². The molecule has 0 saturated heterocycles. The largest absolute Gasteiger partial charge is 0.481 e. The summed E-state index contributed by atoms with van der Waals surface area (Å²) in [5.41, 5.74) is 1.90. The summed E-state index contributed by atoms with van der Waals surface area (Å²) in [5, 5.41) is 8.88. The molecule has 1 saturated carbocycles. The molecule has 2 aliphatic rings. The molecule has 1 heterocycles. The first kappa shape index (κ1) is 8.64. The second kappa shape index (κ2) is 2.68. The van der Waals surface area contributed by atoms with Crippen LogP contribution in [0.5, 0.6) is 5.88 Å². The van der Waals surface area contributed by atoms with E-state index in [1.54, 1.807) is 6.07 Å². The molecule has 1 fully saturated rings. The molecule has 3 rings (SSSR count). The topological polar surface area (TPSA) is 59.4 Å². The van der Waals surface area contributed by atoms with Crippen LogP contribution in [0.1, 0.15) is 17.0 Å². The Bertz CT molecular complexity index is 448. The van der Waals surface area contributed by atoms with Gasteiger partial charge in [-0.15, -0.1) is 0 Å². The summed E-state index contributed by atoms with van der Waals surface area (Å²) in [5.74, 6) is -0.812. The van der Waals surface area contributed by atoms with Gasteiger partial charge in [-0.05, 0) is 23.5 Å². The van der Waals surface area contributed by atoms with E-state index < -0.39 is 5.97 Å². The number of nitrogens with zero attached hydrogens (tertiary/aromatic N) is 1. The third-order valence-electron chi connectivity index (χ3n) is 3.35. The van der Waals surface area contributed by atoms with E-state index in [0.29, 0.717) is 6.42 Å². The van der Waals surface area contributed by atoms with Gasteiger partial charge in [-0.3, -0.25) is 9.74 Å². The van der Waals surface area contributed by atoms with E-state index in [-0.39, 0.29) is 23.6 Å². The molecule has 0 aromatic carbocycles. The number of rotatable bonds is 2. The molecule has 1 aromatic rings. The summed E-state index contributed by atoms with van der Waals surface area (Å²) < 4.78 is 11.9. The SMILES string of the molecule is O=C(O)[C@H]1[C@@H]2Cc3cc(OF)ncc3[C@@H]21. The number of hydrogen-bond donors (Lipinski definition) is 1. The quantitative estimate of drug-likeness (QED) is 0.797. The lowest BCUT2D eigenvalue weighted by molar-refractivity contribution is -0.139. The Kier molecular flexibility index (Phi) is 1.55. The number of aliphatic carboxylic acids is 1. The van der Waals surface area contributed by atoms with Gasteiger partial charge in [0.2, 0.25) is 0 Å². The van der Waals surface area contributed by atoms with Crippen molar-refractivity contribution >= 4 is 5.97 Å². The lowest BCUT2D eigenvalue weighted by Gasteiger charge is -2.04. The third kappa shape index (κ3) is 1.06. The van der Waals surface area contributed by atoms with E-state index >= 15 is 0 Å². The van der Waals surface area contributed by atoms with Gasteiger partial charge in [0.25, 0.3) is 5.88 Å². The molecule has 15 heavy (non-hydrogen) atoms. The molecule has 3 atom stereocenters. The lowest BCUT2D eigenvalue weighted by atomic mass is 10.0.